The lowest BCUT2D eigenvalue weighted by Gasteiger charge is -2.25. The predicted molar refractivity (Wildman–Crippen MR) is 135 cm³/mol. The van der Waals surface area contributed by atoms with Crippen molar-refractivity contribution >= 4 is 40.3 Å². The first-order valence-corrected chi connectivity index (χ1v) is 12.5. The third-order valence-corrected chi connectivity index (χ3v) is 5.99. The quantitative estimate of drug-likeness (QED) is 0.409. The number of aromatic nitrogens is 1. The van der Waals surface area contributed by atoms with Gasteiger partial charge in [0.05, 0.1) is 12.3 Å². The fraction of sp³-hybridized carbons (Fsp3) is 0.346. The molecular weight excluding hydrogens is 434 g/mol. The van der Waals surface area contributed by atoms with Gasteiger partial charge in [-0.3, -0.25) is 9.59 Å². The van der Waals surface area contributed by atoms with Crippen LogP contribution in [0.15, 0.2) is 54.7 Å². The molecule has 0 unspecified atom stereocenters. The Bertz CT molecular complexity index is 1100. The van der Waals surface area contributed by atoms with Gasteiger partial charge in [0.15, 0.2) is 5.69 Å². The number of carbonyl (C=O) groups is 2. The number of hydrogen-bond acceptors (Lipinski definition) is 5. The molecular formula is C26H31N3O3S. The molecule has 1 aliphatic rings. The van der Waals surface area contributed by atoms with Gasteiger partial charge < -0.3 is 14.8 Å². The largest absolute Gasteiger partial charge is 0.350 e. The number of nitrogens with one attached hydrogen (secondary N) is 2. The van der Waals surface area contributed by atoms with Gasteiger partial charge in [0, 0.05) is 24.6 Å². The van der Waals surface area contributed by atoms with E-state index in [4.69, 9.17) is 4.18 Å². The third kappa shape index (κ3) is 6.12. The number of pyridine rings is 1. The molecule has 0 spiro atoms. The molecule has 174 valence electrons. The number of hydrogen-bond donors (Lipinski definition) is 2. The summed E-state index contributed by atoms with van der Waals surface area (Å²) in [7, 11) is 0. The molecule has 2 N–H and O–H groups in total. The van der Waals surface area contributed by atoms with Gasteiger partial charge in [-0.15, -0.1) is 0 Å². The summed E-state index contributed by atoms with van der Waals surface area (Å²) in [6.07, 6.45) is 6.96. The van der Waals surface area contributed by atoms with E-state index < -0.39 is 0 Å². The Labute approximate surface area is 199 Å². The Morgan fingerprint density at radius 1 is 1.03 bits per heavy atom. The average Bonchev–Trinajstić information content (AvgIpc) is 2.83. The Balaban J connectivity index is 0.00000149. The van der Waals surface area contributed by atoms with E-state index >= 15 is 0 Å². The van der Waals surface area contributed by atoms with Crippen molar-refractivity contribution in [2.75, 3.05) is 18.1 Å². The van der Waals surface area contributed by atoms with Crippen LogP contribution >= 0.6 is 12.0 Å². The zero-order valence-corrected chi connectivity index (χ0v) is 20.2. The maximum absolute atomic E-state index is 13.1. The molecule has 1 heterocycles. The van der Waals surface area contributed by atoms with Gasteiger partial charge in [0.2, 0.25) is 0 Å². The van der Waals surface area contributed by atoms with Gasteiger partial charge in [-0.1, -0.05) is 50.6 Å². The summed E-state index contributed by atoms with van der Waals surface area (Å²) in [6.45, 7) is 5.10. The van der Waals surface area contributed by atoms with Crippen molar-refractivity contribution in [2.24, 2.45) is 5.92 Å². The van der Waals surface area contributed by atoms with E-state index in [-0.39, 0.29) is 17.5 Å². The molecule has 1 saturated carbocycles. The zero-order chi connectivity index (χ0) is 23.6. The molecule has 33 heavy (non-hydrogen) atoms. The Kier molecular flexibility index (Phi) is 9.27. The number of benzene rings is 2. The average molecular weight is 466 g/mol. The Morgan fingerprint density at radius 2 is 1.79 bits per heavy atom. The monoisotopic (exact) mass is 465 g/mol. The van der Waals surface area contributed by atoms with Crippen LogP contribution in [0, 0.1) is 5.92 Å². The van der Waals surface area contributed by atoms with E-state index in [0.29, 0.717) is 30.3 Å². The molecule has 1 aromatic heterocycles. The third-order valence-electron chi connectivity index (χ3n) is 5.64. The van der Waals surface area contributed by atoms with Crippen LogP contribution in [0.1, 0.15) is 59.5 Å². The van der Waals surface area contributed by atoms with Crippen molar-refractivity contribution in [3.8, 4) is 0 Å². The van der Waals surface area contributed by atoms with Crippen LogP contribution in [0.3, 0.4) is 0 Å². The van der Waals surface area contributed by atoms with Crippen molar-refractivity contribution in [2.45, 2.75) is 39.7 Å². The molecule has 2 aromatic carbocycles. The minimum Gasteiger partial charge on any atom is -0.350 e. The molecule has 0 saturated heterocycles. The summed E-state index contributed by atoms with van der Waals surface area (Å²) in [4.78, 5) is 30.0. The molecule has 1 fully saturated rings. The molecule has 2 amide bonds. The summed E-state index contributed by atoms with van der Waals surface area (Å²) in [5, 5.41) is 7.62. The molecule has 3 aromatic rings. The molecule has 0 radical (unpaired) electrons. The van der Waals surface area contributed by atoms with E-state index in [1.54, 1.807) is 24.4 Å². The normalized spacial score (nSPS) is 12.9. The lowest BCUT2D eigenvalue weighted by Crippen LogP contribution is -2.33. The number of nitrogens with zero attached hydrogens (tertiary/aromatic N) is 1. The number of anilines is 1. The SMILES string of the molecule is CC.CSOCc1ccc(C(=O)Nc2cccnc2C(=O)NCC2CCC2)c2ccccc12. The van der Waals surface area contributed by atoms with Crippen LogP contribution in [-0.2, 0) is 10.8 Å². The van der Waals surface area contributed by atoms with Crippen LogP contribution in [-0.4, -0.2) is 29.6 Å². The van der Waals surface area contributed by atoms with E-state index in [0.717, 1.165) is 29.2 Å². The van der Waals surface area contributed by atoms with E-state index in [9.17, 15) is 9.59 Å². The molecule has 0 aliphatic heterocycles. The van der Waals surface area contributed by atoms with Crippen molar-refractivity contribution < 1.29 is 13.8 Å². The Hall–Kier alpha value is -2.90. The van der Waals surface area contributed by atoms with Crippen molar-refractivity contribution in [3.05, 3.63) is 71.5 Å². The van der Waals surface area contributed by atoms with Gasteiger partial charge in [-0.05, 0) is 65.3 Å². The topological polar surface area (TPSA) is 80.3 Å². The first-order chi connectivity index (χ1) is 16.2. The summed E-state index contributed by atoms with van der Waals surface area (Å²) in [6, 6.07) is 14.9. The first kappa shape index (κ1) is 24.7. The van der Waals surface area contributed by atoms with E-state index in [1.165, 1.54) is 18.5 Å². The highest BCUT2D eigenvalue weighted by Crippen LogP contribution is 2.27. The highest BCUT2D eigenvalue weighted by atomic mass is 32.2. The first-order valence-electron chi connectivity index (χ1n) is 11.4. The highest BCUT2D eigenvalue weighted by Gasteiger charge is 2.21. The van der Waals surface area contributed by atoms with Crippen LogP contribution in [0.25, 0.3) is 10.8 Å². The fourth-order valence-corrected chi connectivity index (χ4v) is 3.95. The second-order valence-electron chi connectivity index (χ2n) is 7.61. The fourth-order valence-electron chi connectivity index (χ4n) is 3.70. The number of amides is 2. The highest BCUT2D eigenvalue weighted by molar-refractivity contribution is 7.93. The minimum absolute atomic E-state index is 0.226. The second kappa shape index (κ2) is 12.4. The van der Waals surface area contributed by atoms with Gasteiger partial charge in [-0.25, -0.2) is 4.98 Å². The molecule has 7 heteroatoms. The van der Waals surface area contributed by atoms with Crippen LogP contribution in [0.2, 0.25) is 0 Å². The van der Waals surface area contributed by atoms with Gasteiger partial charge in [0.25, 0.3) is 11.8 Å². The smallest absolute Gasteiger partial charge is 0.272 e. The maximum Gasteiger partial charge on any atom is 0.272 e. The van der Waals surface area contributed by atoms with Crippen LogP contribution in [0.4, 0.5) is 5.69 Å². The maximum atomic E-state index is 13.1. The van der Waals surface area contributed by atoms with Gasteiger partial charge in [-0.2, -0.15) is 0 Å². The zero-order valence-electron chi connectivity index (χ0n) is 19.4. The van der Waals surface area contributed by atoms with Crippen molar-refractivity contribution in [3.63, 3.8) is 0 Å². The number of carbonyl (C=O) groups excluding carboxylic acids is 2. The molecule has 0 atom stereocenters. The number of fused-ring (bicyclic) bond motifs is 1. The molecule has 6 nitrogen and oxygen atoms in total. The standard InChI is InChI=1S/C24H25N3O3S.C2H6/c1-31-30-15-17-11-12-20(19-9-3-2-8-18(17)19)23(28)27-21-10-5-13-25-22(21)24(29)26-14-16-6-4-7-16;1-2/h2-3,5,8-13,16H,4,6-7,14-15H2,1H3,(H,26,29)(H,27,28);1-2H3. The lowest BCUT2D eigenvalue weighted by molar-refractivity contribution is 0.0935. The predicted octanol–water partition coefficient (Wildman–Crippen LogP) is 5.84. The van der Waals surface area contributed by atoms with Crippen LogP contribution < -0.4 is 10.6 Å². The molecule has 4 rings (SSSR count). The second-order valence-corrected chi connectivity index (χ2v) is 8.18. The summed E-state index contributed by atoms with van der Waals surface area (Å²) < 4.78 is 5.48. The summed E-state index contributed by atoms with van der Waals surface area (Å²) in [5.74, 6) is -0.00234. The van der Waals surface area contributed by atoms with Gasteiger partial charge >= 0.3 is 0 Å². The summed E-state index contributed by atoms with van der Waals surface area (Å²) >= 11 is 1.31. The van der Waals surface area contributed by atoms with Crippen molar-refractivity contribution in [1.29, 1.82) is 0 Å². The van der Waals surface area contributed by atoms with Gasteiger partial charge in [0.1, 0.15) is 0 Å². The lowest BCUT2D eigenvalue weighted by atomic mass is 9.85. The van der Waals surface area contributed by atoms with E-state index in [1.807, 2.05) is 50.4 Å². The molecule has 0 bridgehead atoms. The summed E-state index contributed by atoms with van der Waals surface area (Å²) in [5.41, 5.74) is 2.18. The Morgan fingerprint density at radius 3 is 2.48 bits per heavy atom. The van der Waals surface area contributed by atoms with E-state index in [2.05, 4.69) is 15.6 Å². The van der Waals surface area contributed by atoms with Crippen LogP contribution in [0.5, 0.6) is 0 Å². The minimum atomic E-state index is -0.283. The van der Waals surface area contributed by atoms with Crippen molar-refractivity contribution in [1.82, 2.24) is 10.3 Å². The molecule has 1 aliphatic carbocycles. The number of rotatable bonds is 8.